The Morgan fingerprint density at radius 3 is 2.38 bits per heavy atom. The quantitative estimate of drug-likeness (QED) is 0.797. The van der Waals surface area contributed by atoms with E-state index in [0.29, 0.717) is 11.6 Å². The molecule has 0 bridgehead atoms. The van der Waals surface area contributed by atoms with E-state index in [2.05, 4.69) is 18.7 Å². The van der Waals surface area contributed by atoms with Gasteiger partial charge in [-0.1, -0.05) is 50.3 Å². The highest BCUT2D eigenvalue weighted by atomic mass is 32.1. The molecule has 0 aromatic heterocycles. The first-order valence-electron chi connectivity index (χ1n) is 7.34. The van der Waals surface area contributed by atoms with Crippen LogP contribution in [-0.2, 0) is 0 Å². The van der Waals surface area contributed by atoms with Crippen molar-refractivity contribution in [2.24, 2.45) is 5.73 Å². The van der Waals surface area contributed by atoms with Crippen LogP contribution in [-0.4, -0.2) is 36.1 Å². The Kier molecular flexibility index (Phi) is 5.53. The van der Waals surface area contributed by atoms with Gasteiger partial charge in [0.2, 0.25) is 0 Å². The smallest absolute Gasteiger partial charge is 0.127 e. The third-order valence-electron chi connectivity index (χ3n) is 3.71. The lowest BCUT2D eigenvalue weighted by atomic mass is 10.0. The molecule has 0 radical (unpaired) electrons. The topological polar surface area (TPSA) is 38.5 Å². The SMILES string of the molecule is CCN(CC)CCOc1ccc(C(N)=S)c2ccccc12. The van der Waals surface area contributed by atoms with E-state index in [-0.39, 0.29) is 0 Å². The Bertz CT molecular complexity index is 623. The molecule has 0 spiro atoms. The molecule has 2 aromatic carbocycles. The minimum absolute atomic E-state index is 0.417. The average Bonchev–Trinajstić information content (AvgIpc) is 2.51. The molecule has 0 heterocycles. The van der Waals surface area contributed by atoms with Crippen LogP contribution in [0.4, 0.5) is 0 Å². The Morgan fingerprint density at radius 2 is 1.76 bits per heavy atom. The van der Waals surface area contributed by atoms with Gasteiger partial charge in [-0.15, -0.1) is 0 Å². The number of hydrogen-bond acceptors (Lipinski definition) is 3. The Labute approximate surface area is 131 Å². The minimum Gasteiger partial charge on any atom is -0.492 e. The fraction of sp³-hybridized carbons (Fsp3) is 0.353. The molecule has 2 aromatic rings. The van der Waals surface area contributed by atoms with Gasteiger partial charge in [0.05, 0.1) is 0 Å². The first-order chi connectivity index (χ1) is 10.2. The van der Waals surface area contributed by atoms with Gasteiger partial charge in [-0.05, 0) is 30.6 Å². The summed E-state index contributed by atoms with van der Waals surface area (Å²) >= 11 is 5.12. The van der Waals surface area contributed by atoms with Gasteiger partial charge in [-0.3, -0.25) is 0 Å². The first kappa shape index (κ1) is 15.7. The standard InChI is InChI=1S/C17H22N2OS/c1-3-19(4-2)11-12-20-16-10-9-15(17(18)21)13-7-5-6-8-14(13)16/h5-10H,3-4,11-12H2,1-2H3,(H2,18,21). The minimum atomic E-state index is 0.417. The molecular weight excluding hydrogens is 280 g/mol. The van der Waals surface area contributed by atoms with Crippen molar-refractivity contribution in [3.8, 4) is 5.75 Å². The monoisotopic (exact) mass is 302 g/mol. The zero-order valence-electron chi connectivity index (χ0n) is 12.6. The Balaban J connectivity index is 2.21. The van der Waals surface area contributed by atoms with Crippen molar-refractivity contribution in [2.45, 2.75) is 13.8 Å². The lowest BCUT2D eigenvalue weighted by molar-refractivity contribution is 0.224. The van der Waals surface area contributed by atoms with Gasteiger partial charge in [0, 0.05) is 17.5 Å². The van der Waals surface area contributed by atoms with Crippen LogP contribution in [0.15, 0.2) is 36.4 Å². The molecule has 0 aliphatic heterocycles. The maximum absolute atomic E-state index is 5.96. The third-order valence-corrected chi connectivity index (χ3v) is 3.93. The molecule has 0 aliphatic rings. The molecule has 0 saturated carbocycles. The van der Waals surface area contributed by atoms with Crippen LogP contribution in [0, 0.1) is 0 Å². The van der Waals surface area contributed by atoms with Crippen molar-refractivity contribution in [3.63, 3.8) is 0 Å². The molecule has 112 valence electrons. The molecule has 3 nitrogen and oxygen atoms in total. The van der Waals surface area contributed by atoms with E-state index in [0.717, 1.165) is 41.7 Å². The van der Waals surface area contributed by atoms with Crippen molar-refractivity contribution < 1.29 is 4.74 Å². The molecule has 2 rings (SSSR count). The number of fused-ring (bicyclic) bond motifs is 1. The highest BCUT2D eigenvalue weighted by Gasteiger charge is 2.08. The number of nitrogens with two attached hydrogens (primary N) is 1. The number of thiocarbonyl (C=S) groups is 1. The molecule has 0 unspecified atom stereocenters. The van der Waals surface area contributed by atoms with Crippen LogP contribution in [0.1, 0.15) is 19.4 Å². The second-order valence-corrected chi connectivity index (χ2v) is 5.34. The first-order valence-corrected chi connectivity index (χ1v) is 7.74. The van der Waals surface area contributed by atoms with Crippen LogP contribution in [0.2, 0.25) is 0 Å². The molecule has 0 fully saturated rings. The predicted molar refractivity (Wildman–Crippen MR) is 93.1 cm³/mol. The molecule has 21 heavy (non-hydrogen) atoms. The molecule has 0 aliphatic carbocycles. The van der Waals surface area contributed by atoms with Crippen molar-refractivity contribution in [2.75, 3.05) is 26.2 Å². The average molecular weight is 302 g/mol. The second kappa shape index (κ2) is 7.38. The van der Waals surface area contributed by atoms with Crippen molar-refractivity contribution in [3.05, 3.63) is 42.0 Å². The van der Waals surface area contributed by atoms with Crippen LogP contribution in [0.3, 0.4) is 0 Å². The van der Waals surface area contributed by atoms with Crippen LogP contribution in [0.25, 0.3) is 10.8 Å². The van der Waals surface area contributed by atoms with E-state index in [4.69, 9.17) is 22.7 Å². The fourth-order valence-electron chi connectivity index (χ4n) is 2.44. The number of hydrogen-bond donors (Lipinski definition) is 1. The van der Waals surface area contributed by atoms with E-state index < -0.39 is 0 Å². The van der Waals surface area contributed by atoms with Gasteiger partial charge >= 0.3 is 0 Å². The summed E-state index contributed by atoms with van der Waals surface area (Å²) < 4.78 is 5.96. The largest absolute Gasteiger partial charge is 0.492 e. The molecule has 0 atom stereocenters. The van der Waals surface area contributed by atoms with Crippen LogP contribution >= 0.6 is 12.2 Å². The molecular formula is C17H22N2OS. The van der Waals surface area contributed by atoms with Gasteiger partial charge in [-0.25, -0.2) is 0 Å². The molecule has 0 amide bonds. The Morgan fingerprint density at radius 1 is 1.10 bits per heavy atom. The maximum atomic E-state index is 5.96. The predicted octanol–water partition coefficient (Wildman–Crippen LogP) is 3.19. The summed E-state index contributed by atoms with van der Waals surface area (Å²) in [6.45, 7) is 8.02. The maximum Gasteiger partial charge on any atom is 0.127 e. The number of rotatable bonds is 7. The third kappa shape index (κ3) is 3.71. The zero-order valence-corrected chi connectivity index (χ0v) is 13.5. The Hall–Kier alpha value is -1.65. The van der Waals surface area contributed by atoms with Crippen LogP contribution < -0.4 is 10.5 Å². The van der Waals surface area contributed by atoms with E-state index in [1.807, 2.05) is 36.4 Å². The van der Waals surface area contributed by atoms with Gasteiger partial charge in [0.25, 0.3) is 0 Å². The summed E-state index contributed by atoms with van der Waals surface area (Å²) in [4.78, 5) is 2.76. The van der Waals surface area contributed by atoms with E-state index in [1.54, 1.807) is 0 Å². The lowest BCUT2D eigenvalue weighted by Gasteiger charge is -2.18. The molecule has 2 N–H and O–H groups in total. The number of benzene rings is 2. The van der Waals surface area contributed by atoms with Gasteiger partial charge in [-0.2, -0.15) is 0 Å². The summed E-state index contributed by atoms with van der Waals surface area (Å²) in [6, 6.07) is 12.0. The summed E-state index contributed by atoms with van der Waals surface area (Å²) in [6.07, 6.45) is 0. The highest BCUT2D eigenvalue weighted by Crippen LogP contribution is 2.28. The second-order valence-electron chi connectivity index (χ2n) is 4.90. The molecule has 4 heteroatoms. The summed E-state index contributed by atoms with van der Waals surface area (Å²) in [5, 5.41) is 2.10. The van der Waals surface area contributed by atoms with Crippen molar-refractivity contribution in [1.82, 2.24) is 4.90 Å². The van der Waals surface area contributed by atoms with E-state index in [9.17, 15) is 0 Å². The van der Waals surface area contributed by atoms with Crippen molar-refractivity contribution in [1.29, 1.82) is 0 Å². The lowest BCUT2D eigenvalue weighted by Crippen LogP contribution is -2.27. The highest BCUT2D eigenvalue weighted by molar-refractivity contribution is 7.80. The van der Waals surface area contributed by atoms with Crippen molar-refractivity contribution >= 4 is 28.0 Å². The summed E-state index contributed by atoms with van der Waals surface area (Å²) in [5.41, 5.74) is 6.69. The summed E-state index contributed by atoms with van der Waals surface area (Å²) in [7, 11) is 0. The van der Waals surface area contributed by atoms with Gasteiger partial charge in [0.15, 0.2) is 0 Å². The van der Waals surface area contributed by atoms with E-state index >= 15 is 0 Å². The molecule has 0 saturated heterocycles. The number of nitrogens with zero attached hydrogens (tertiary/aromatic N) is 1. The summed E-state index contributed by atoms with van der Waals surface area (Å²) in [5.74, 6) is 0.887. The zero-order chi connectivity index (χ0) is 15.2. The number of ether oxygens (including phenoxy) is 1. The number of likely N-dealkylation sites (N-methyl/N-ethyl adjacent to an activating group) is 1. The fourth-order valence-corrected chi connectivity index (χ4v) is 2.61. The van der Waals surface area contributed by atoms with Gasteiger partial charge in [0.1, 0.15) is 17.3 Å². The van der Waals surface area contributed by atoms with E-state index in [1.165, 1.54) is 0 Å². The normalized spacial score (nSPS) is 11.0. The van der Waals surface area contributed by atoms with Gasteiger partial charge < -0.3 is 15.4 Å². The van der Waals surface area contributed by atoms with Crippen LogP contribution in [0.5, 0.6) is 5.75 Å².